The molecule has 2 rings (SSSR count). The minimum atomic E-state index is -0.233. The third-order valence-electron chi connectivity index (χ3n) is 2.96. The maximum absolute atomic E-state index is 12.2. The average molecular weight is 384 g/mol. The first-order valence-electron chi connectivity index (χ1n) is 7.03. The van der Waals surface area contributed by atoms with Crippen LogP contribution in [0.5, 0.6) is 5.75 Å². The van der Waals surface area contributed by atoms with Gasteiger partial charge in [-0.25, -0.2) is 0 Å². The molecule has 0 aliphatic carbocycles. The van der Waals surface area contributed by atoms with Gasteiger partial charge in [-0.1, -0.05) is 6.07 Å². The Morgan fingerprint density at radius 2 is 1.91 bits per heavy atom. The van der Waals surface area contributed by atoms with Gasteiger partial charge in [0.2, 0.25) is 0 Å². The summed E-state index contributed by atoms with van der Waals surface area (Å²) in [6.45, 7) is 7.58. The van der Waals surface area contributed by atoms with Crippen molar-refractivity contribution in [3.05, 3.63) is 33.1 Å². The highest BCUT2D eigenvalue weighted by atomic mass is 79.9. The lowest BCUT2D eigenvalue weighted by Gasteiger charge is -2.16. The Labute approximate surface area is 143 Å². The molecule has 0 atom stereocenters. The van der Waals surface area contributed by atoms with Gasteiger partial charge in [-0.2, -0.15) is 0 Å². The van der Waals surface area contributed by atoms with Crippen molar-refractivity contribution in [1.82, 2.24) is 4.90 Å². The molecule has 1 heterocycles. The van der Waals surface area contributed by atoms with Crippen LogP contribution in [0.15, 0.2) is 27.6 Å². The second kappa shape index (κ2) is 6.87. The topological polar surface area (TPSA) is 46.6 Å². The number of carbonyl (C=O) groups excluding carboxylic acids is 2. The molecule has 0 radical (unpaired) electrons. The molecule has 118 valence electrons. The van der Waals surface area contributed by atoms with Gasteiger partial charge >= 0.3 is 0 Å². The Balaban J connectivity index is 2.25. The molecule has 1 aliphatic heterocycles. The summed E-state index contributed by atoms with van der Waals surface area (Å²) in [6, 6.07) is 5.46. The van der Waals surface area contributed by atoms with Gasteiger partial charge in [-0.05, 0) is 79.2 Å². The highest BCUT2D eigenvalue weighted by Gasteiger charge is 2.36. The number of nitrogens with zero attached hydrogens (tertiary/aromatic N) is 1. The molecule has 1 aliphatic rings. The van der Waals surface area contributed by atoms with Crippen LogP contribution in [-0.2, 0) is 4.79 Å². The fourth-order valence-electron chi connectivity index (χ4n) is 2.03. The summed E-state index contributed by atoms with van der Waals surface area (Å²) < 4.78 is 6.47. The van der Waals surface area contributed by atoms with Crippen LogP contribution < -0.4 is 4.74 Å². The molecule has 0 N–H and O–H groups in total. The van der Waals surface area contributed by atoms with Crippen molar-refractivity contribution in [3.63, 3.8) is 0 Å². The number of rotatable bonds is 4. The molecule has 22 heavy (non-hydrogen) atoms. The number of hydrogen-bond donors (Lipinski definition) is 0. The van der Waals surface area contributed by atoms with Gasteiger partial charge in [-0.15, -0.1) is 0 Å². The molecular weight excluding hydrogens is 366 g/mol. The molecule has 1 saturated heterocycles. The molecular formula is C16H18BrNO3S. The summed E-state index contributed by atoms with van der Waals surface area (Å²) in [7, 11) is 0. The SMILES string of the molecule is CC(C)Oc1ccc(/C=C2/SC(=O)N(C(C)C)C2=O)cc1Br. The van der Waals surface area contributed by atoms with E-state index in [1.54, 1.807) is 6.08 Å². The number of hydrogen-bond acceptors (Lipinski definition) is 4. The quantitative estimate of drug-likeness (QED) is 0.708. The highest BCUT2D eigenvalue weighted by Crippen LogP contribution is 2.34. The predicted octanol–water partition coefficient (Wildman–Crippen LogP) is 4.68. The second-order valence-electron chi connectivity index (χ2n) is 5.50. The molecule has 0 unspecified atom stereocenters. The number of ether oxygens (including phenoxy) is 1. The predicted molar refractivity (Wildman–Crippen MR) is 92.9 cm³/mol. The number of halogens is 1. The van der Waals surface area contributed by atoms with E-state index in [-0.39, 0.29) is 23.3 Å². The Hall–Kier alpha value is -1.27. The van der Waals surface area contributed by atoms with Crippen LogP contribution in [-0.4, -0.2) is 28.2 Å². The summed E-state index contributed by atoms with van der Waals surface area (Å²) >= 11 is 4.44. The zero-order valence-electron chi connectivity index (χ0n) is 12.9. The van der Waals surface area contributed by atoms with E-state index in [9.17, 15) is 9.59 Å². The van der Waals surface area contributed by atoms with Gasteiger partial charge in [-0.3, -0.25) is 14.5 Å². The van der Waals surface area contributed by atoms with Crippen molar-refractivity contribution in [2.75, 3.05) is 0 Å². The van der Waals surface area contributed by atoms with E-state index in [1.807, 2.05) is 45.9 Å². The van der Waals surface area contributed by atoms with E-state index >= 15 is 0 Å². The van der Waals surface area contributed by atoms with E-state index in [0.29, 0.717) is 4.91 Å². The number of carbonyl (C=O) groups is 2. The van der Waals surface area contributed by atoms with Crippen LogP contribution in [0.4, 0.5) is 4.79 Å². The second-order valence-corrected chi connectivity index (χ2v) is 7.35. The van der Waals surface area contributed by atoms with Gasteiger partial charge in [0.15, 0.2) is 0 Å². The van der Waals surface area contributed by atoms with Crippen molar-refractivity contribution in [2.45, 2.75) is 39.8 Å². The van der Waals surface area contributed by atoms with Crippen molar-refractivity contribution in [3.8, 4) is 5.75 Å². The molecule has 1 aromatic carbocycles. The number of imide groups is 1. The van der Waals surface area contributed by atoms with E-state index in [4.69, 9.17) is 4.74 Å². The van der Waals surface area contributed by atoms with E-state index in [0.717, 1.165) is 27.5 Å². The van der Waals surface area contributed by atoms with E-state index in [2.05, 4.69) is 15.9 Å². The molecule has 1 aromatic rings. The van der Waals surface area contributed by atoms with Crippen molar-refractivity contribution in [2.24, 2.45) is 0 Å². The number of benzene rings is 1. The lowest BCUT2D eigenvalue weighted by Crippen LogP contribution is -2.34. The lowest BCUT2D eigenvalue weighted by atomic mass is 10.2. The van der Waals surface area contributed by atoms with Gasteiger partial charge in [0.25, 0.3) is 11.1 Å². The molecule has 2 amide bonds. The molecule has 0 saturated carbocycles. The van der Waals surface area contributed by atoms with Gasteiger partial charge in [0.1, 0.15) is 5.75 Å². The highest BCUT2D eigenvalue weighted by molar-refractivity contribution is 9.10. The first-order chi connectivity index (χ1) is 10.3. The van der Waals surface area contributed by atoms with Crippen LogP contribution in [0.3, 0.4) is 0 Å². The lowest BCUT2D eigenvalue weighted by molar-refractivity contribution is -0.123. The third kappa shape index (κ3) is 3.73. The normalized spacial score (nSPS) is 17.2. The standard InChI is InChI=1S/C16H18BrNO3S/c1-9(2)18-15(19)14(22-16(18)20)8-11-5-6-13(12(17)7-11)21-10(3)4/h5-10H,1-4H3/b14-8+. The van der Waals surface area contributed by atoms with Gasteiger partial charge < -0.3 is 4.74 Å². The number of amides is 2. The smallest absolute Gasteiger partial charge is 0.293 e. The van der Waals surface area contributed by atoms with Crippen LogP contribution in [0, 0.1) is 0 Å². The minimum absolute atomic E-state index is 0.0877. The summed E-state index contributed by atoms with van der Waals surface area (Å²) in [5.41, 5.74) is 0.845. The van der Waals surface area contributed by atoms with Crippen molar-refractivity contribution in [1.29, 1.82) is 0 Å². The molecule has 0 bridgehead atoms. The summed E-state index contributed by atoms with van der Waals surface area (Å²) in [4.78, 5) is 25.8. The van der Waals surface area contributed by atoms with E-state index in [1.165, 1.54) is 4.90 Å². The largest absolute Gasteiger partial charge is 0.490 e. The van der Waals surface area contributed by atoms with Crippen LogP contribution in [0.25, 0.3) is 6.08 Å². The summed E-state index contributed by atoms with van der Waals surface area (Å²) in [5.74, 6) is 0.520. The van der Waals surface area contributed by atoms with Crippen LogP contribution >= 0.6 is 27.7 Å². The van der Waals surface area contributed by atoms with Crippen molar-refractivity contribution < 1.29 is 14.3 Å². The Bertz CT molecular complexity index is 640. The van der Waals surface area contributed by atoms with Gasteiger partial charge in [0, 0.05) is 6.04 Å². The first kappa shape index (κ1) is 17.1. The summed E-state index contributed by atoms with van der Waals surface area (Å²) in [6.07, 6.45) is 1.82. The Morgan fingerprint density at radius 3 is 2.41 bits per heavy atom. The maximum atomic E-state index is 12.2. The van der Waals surface area contributed by atoms with Crippen molar-refractivity contribution >= 4 is 44.9 Å². The molecule has 0 aromatic heterocycles. The Morgan fingerprint density at radius 1 is 1.23 bits per heavy atom. The third-order valence-corrected chi connectivity index (χ3v) is 4.46. The molecule has 0 spiro atoms. The summed E-state index contributed by atoms with van der Waals surface area (Å²) in [5, 5.41) is -0.218. The molecule has 1 fully saturated rings. The minimum Gasteiger partial charge on any atom is -0.490 e. The zero-order chi connectivity index (χ0) is 16.4. The monoisotopic (exact) mass is 383 g/mol. The molecule has 4 nitrogen and oxygen atoms in total. The number of thioether (sulfide) groups is 1. The van der Waals surface area contributed by atoms with Crippen LogP contribution in [0.1, 0.15) is 33.3 Å². The fraction of sp³-hybridized carbons (Fsp3) is 0.375. The maximum Gasteiger partial charge on any atom is 0.293 e. The van der Waals surface area contributed by atoms with Gasteiger partial charge in [0.05, 0.1) is 15.5 Å². The first-order valence-corrected chi connectivity index (χ1v) is 8.63. The Kier molecular flexibility index (Phi) is 5.34. The average Bonchev–Trinajstić information content (AvgIpc) is 2.67. The van der Waals surface area contributed by atoms with E-state index < -0.39 is 0 Å². The fourth-order valence-corrected chi connectivity index (χ4v) is 3.48. The zero-order valence-corrected chi connectivity index (χ0v) is 15.3. The van der Waals surface area contributed by atoms with Crippen LogP contribution in [0.2, 0.25) is 0 Å². The molecule has 6 heteroatoms.